The van der Waals surface area contributed by atoms with Crippen molar-refractivity contribution in [3.63, 3.8) is 0 Å². The van der Waals surface area contributed by atoms with Crippen molar-refractivity contribution >= 4 is 0 Å². The number of hydrogen-bond donors (Lipinski definition) is 0. The van der Waals surface area contributed by atoms with E-state index in [4.69, 9.17) is 9.26 Å². The van der Waals surface area contributed by atoms with Gasteiger partial charge in [-0.15, -0.1) is 0 Å². The fourth-order valence-corrected chi connectivity index (χ4v) is 3.33. The van der Waals surface area contributed by atoms with E-state index in [2.05, 4.69) is 17.0 Å². The second kappa shape index (κ2) is 4.67. The number of likely N-dealkylation sites (tertiary alicyclic amines) is 1. The van der Waals surface area contributed by atoms with Crippen LogP contribution in [0.2, 0.25) is 0 Å². The summed E-state index contributed by atoms with van der Waals surface area (Å²) in [6.07, 6.45) is 3.38. The smallest absolute Gasteiger partial charge is 0.138 e. The molecule has 2 aliphatic rings. The third-order valence-corrected chi connectivity index (χ3v) is 4.38. The molecular formula is C14H22N2O2. The fraction of sp³-hybridized carbons (Fsp3) is 0.786. The lowest BCUT2D eigenvalue weighted by atomic mass is 9.92. The van der Waals surface area contributed by atoms with E-state index in [1.165, 1.54) is 24.9 Å². The second-order valence-electron chi connectivity index (χ2n) is 5.81. The number of aromatic nitrogens is 1. The topological polar surface area (TPSA) is 38.5 Å². The summed E-state index contributed by atoms with van der Waals surface area (Å²) in [7, 11) is 0. The Hall–Kier alpha value is -0.870. The molecular weight excluding hydrogens is 228 g/mol. The molecule has 0 radical (unpaired) electrons. The van der Waals surface area contributed by atoms with Gasteiger partial charge in [-0.2, -0.15) is 0 Å². The molecule has 18 heavy (non-hydrogen) atoms. The summed E-state index contributed by atoms with van der Waals surface area (Å²) in [6.45, 7) is 9.38. The van der Waals surface area contributed by atoms with E-state index >= 15 is 0 Å². The van der Waals surface area contributed by atoms with E-state index in [1.807, 2.05) is 13.8 Å². The van der Waals surface area contributed by atoms with Gasteiger partial charge in [-0.25, -0.2) is 0 Å². The molecule has 0 saturated carbocycles. The molecule has 0 unspecified atom stereocenters. The molecule has 3 atom stereocenters. The van der Waals surface area contributed by atoms with Crippen molar-refractivity contribution in [2.24, 2.45) is 5.92 Å². The molecule has 1 aromatic heterocycles. The summed E-state index contributed by atoms with van der Waals surface area (Å²) in [4.78, 5) is 2.48. The molecule has 0 spiro atoms. The zero-order chi connectivity index (χ0) is 12.7. The number of nitrogens with zero attached hydrogens (tertiary/aromatic N) is 2. The molecule has 2 saturated heterocycles. The average molecular weight is 250 g/mol. The van der Waals surface area contributed by atoms with Gasteiger partial charge in [0.25, 0.3) is 0 Å². The Morgan fingerprint density at radius 1 is 1.39 bits per heavy atom. The fourth-order valence-electron chi connectivity index (χ4n) is 3.33. The lowest BCUT2D eigenvalue weighted by molar-refractivity contribution is -0.00290. The Balaban J connectivity index is 1.65. The van der Waals surface area contributed by atoms with Crippen LogP contribution in [0.4, 0.5) is 0 Å². The van der Waals surface area contributed by atoms with Crippen molar-refractivity contribution in [1.29, 1.82) is 0 Å². The standard InChI is InChI=1S/C14H22N2O2/c1-9-6-12-4-5-16(8-14(12)17-9)7-13-10(2)15-18-11(13)3/h9,12,14H,4-8H2,1-3H3/t9-,12-,14+/m1/s1. The van der Waals surface area contributed by atoms with Crippen LogP contribution in [0.25, 0.3) is 0 Å². The lowest BCUT2D eigenvalue weighted by Crippen LogP contribution is -2.41. The van der Waals surface area contributed by atoms with Crippen LogP contribution in [0.3, 0.4) is 0 Å². The Morgan fingerprint density at radius 2 is 2.22 bits per heavy atom. The van der Waals surface area contributed by atoms with E-state index < -0.39 is 0 Å². The predicted molar refractivity (Wildman–Crippen MR) is 68.3 cm³/mol. The van der Waals surface area contributed by atoms with Gasteiger partial charge in [0.15, 0.2) is 0 Å². The minimum Gasteiger partial charge on any atom is -0.374 e. The third kappa shape index (κ3) is 2.19. The van der Waals surface area contributed by atoms with Gasteiger partial charge in [-0.1, -0.05) is 5.16 Å². The molecule has 4 nitrogen and oxygen atoms in total. The zero-order valence-corrected chi connectivity index (χ0v) is 11.5. The molecule has 0 bridgehead atoms. The van der Waals surface area contributed by atoms with E-state index in [9.17, 15) is 0 Å². The minimum atomic E-state index is 0.439. The quantitative estimate of drug-likeness (QED) is 0.807. The number of rotatable bonds is 2. The SMILES string of the molecule is Cc1noc(C)c1CN1CC[C@@H]2C[C@@H](C)O[C@H]2C1. The molecule has 0 amide bonds. The maximum absolute atomic E-state index is 5.99. The molecule has 1 aromatic rings. The maximum atomic E-state index is 5.99. The van der Waals surface area contributed by atoms with Crippen LogP contribution >= 0.6 is 0 Å². The minimum absolute atomic E-state index is 0.439. The Labute approximate surface area is 108 Å². The van der Waals surface area contributed by atoms with Gasteiger partial charge < -0.3 is 9.26 Å². The van der Waals surface area contributed by atoms with Gasteiger partial charge in [0, 0.05) is 18.7 Å². The maximum Gasteiger partial charge on any atom is 0.138 e. The first kappa shape index (κ1) is 12.2. The second-order valence-corrected chi connectivity index (χ2v) is 5.81. The Bertz CT molecular complexity index is 410. The number of aryl methyl sites for hydroxylation is 2. The molecule has 0 aromatic carbocycles. The summed E-state index contributed by atoms with van der Waals surface area (Å²) in [5.74, 6) is 1.73. The van der Waals surface area contributed by atoms with Gasteiger partial charge in [-0.3, -0.25) is 4.90 Å². The van der Waals surface area contributed by atoms with E-state index in [-0.39, 0.29) is 0 Å². The van der Waals surface area contributed by atoms with Crippen LogP contribution in [0.1, 0.15) is 36.8 Å². The molecule has 4 heteroatoms. The molecule has 0 aliphatic carbocycles. The lowest BCUT2D eigenvalue weighted by Gasteiger charge is -2.33. The molecule has 2 fully saturated rings. The Kier molecular flexibility index (Phi) is 3.16. The van der Waals surface area contributed by atoms with E-state index in [1.54, 1.807) is 0 Å². The number of ether oxygens (including phenoxy) is 1. The van der Waals surface area contributed by atoms with Crippen LogP contribution in [-0.4, -0.2) is 35.4 Å². The first-order valence-electron chi connectivity index (χ1n) is 6.93. The van der Waals surface area contributed by atoms with Crippen molar-refractivity contribution < 1.29 is 9.26 Å². The highest BCUT2D eigenvalue weighted by Crippen LogP contribution is 2.33. The van der Waals surface area contributed by atoms with Crippen molar-refractivity contribution in [2.45, 2.75) is 52.4 Å². The van der Waals surface area contributed by atoms with Crippen molar-refractivity contribution in [2.75, 3.05) is 13.1 Å². The van der Waals surface area contributed by atoms with Crippen LogP contribution in [0.15, 0.2) is 4.52 Å². The predicted octanol–water partition coefficient (Wildman–Crippen LogP) is 2.29. The number of hydrogen-bond acceptors (Lipinski definition) is 4. The van der Waals surface area contributed by atoms with Crippen LogP contribution in [-0.2, 0) is 11.3 Å². The molecule has 0 N–H and O–H groups in total. The normalized spacial score (nSPS) is 32.7. The summed E-state index contributed by atoms with van der Waals surface area (Å²) in [5.41, 5.74) is 2.27. The highest BCUT2D eigenvalue weighted by atomic mass is 16.5. The first-order valence-corrected chi connectivity index (χ1v) is 6.93. The largest absolute Gasteiger partial charge is 0.374 e. The van der Waals surface area contributed by atoms with Gasteiger partial charge in [0.2, 0.25) is 0 Å². The molecule has 2 aliphatic heterocycles. The van der Waals surface area contributed by atoms with Crippen LogP contribution in [0, 0.1) is 19.8 Å². The highest BCUT2D eigenvalue weighted by Gasteiger charge is 2.37. The first-order chi connectivity index (χ1) is 8.63. The number of piperidine rings is 1. The van der Waals surface area contributed by atoms with Gasteiger partial charge >= 0.3 is 0 Å². The molecule has 3 rings (SSSR count). The summed E-state index contributed by atoms with van der Waals surface area (Å²) >= 11 is 0. The van der Waals surface area contributed by atoms with E-state index in [0.717, 1.165) is 30.5 Å². The highest BCUT2D eigenvalue weighted by molar-refractivity contribution is 5.20. The van der Waals surface area contributed by atoms with Crippen molar-refractivity contribution in [3.05, 3.63) is 17.0 Å². The van der Waals surface area contributed by atoms with Gasteiger partial charge in [0.05, 0.1) is 17.9 Å². The summed E-state index contributed by atoms with van der Waals surface area (Å²) in [6, 6.07) is 0. The monoisotopic (exact) mass is 250 g/mol. The number of fused-ring (bicyclic) bond motifs is 1. The summed E-state index contributed by atoms with van der Waals surface area (Å²) < 4.78 is 11.2. The molecule has 3 heterocycles. The van der Waals surface area contributed by atoms with Crippen molar-refractivity contribution in [3.8, 4) is 0 Å². The zero-order valence-electron chi connectivity index (χ0n) is 11.5. The van der Waals surface area contributed by atoms with Crippen LogP contribution < -0.4 is 0 Å². The average Bonchev–Trinajstić information content (AvgIpc) is 2.84. The van der Waals surface area contributed by atoms with Gasteiger partial charge in [0.1, 0.15) is 5.76 Å². The third-order valence-electron chi connectivity index (χ3n) is 4.38. The Morgan fingerprint density at radius 3 is 2.94 bits per heavy atom. The van der Waals surface area contributed by atoms with Gasteiger partial charge in [-0.05, 0) is 46.1 Å². The molecule has 100 valence electrons. The van der Waals surface area contributed by atoms with Crippen molar-refractivity contribution in [1.82, 2.24) is 10.1 Å². The van der Waals surface area contributed by atoms with Crippen LogP contribution in [0.5, 0.6) is 0 Å². The summed E-state index contributed by atoms with van der Waals surface area (Å²) in [5, 5.41) is 4.03. The van der Waals surface area contributed by atoms with E-state index in [0.29, 0.717) is 12.2 Å².